The van der Waals surface area contributed by atoms with E-state index in [1.54, 1.807) is 6.92 Å². The van der Waals surface area contributed by atoms with Gasteiger partial charge in [0.2, 0.25) is 6.33 Å². The van der Waals surface area contributed by atoms with E-state index in [2.05, 4.69) is 74.6 Å². The fourth-order valence-electron chi connectivity index (χ4n) is 4.69. The molecule has 1 aromatic heterocycles. The SMILES string of the molecule is CCC(C)(C)OCC(C)(COC(=O)C(C)(C)CC)C(=O)OCc1ccc(C[n+]2ccn(C(C)(C)CC(C)(C)C)c2)cc1. The van der Waals surface area contributed by atoms with Crippen LogP contribution in [-0.4, -0.2) is 35.3 Å². The molecule has 0 aliphatic heterocycles. The monoisotopic (exact) mass is 585 g/mol. The Balaban J connectivity index is 2.05. The first kappa shape index (κ1) is 35.5. The summed E-state index contributed by atoms with van der Waals surface area (Å²) in [6, 6.07) is 8.10. The maximum atomic E-state index is 13.4. The van der Waals surface area contributed by atoms with Gasteiger partial charge in [-0.05, 0) is 84.3 Å². The van der Waals surface area contributed by atoms with E-state index >= 15 is 0 Å². The molecular formula is C35H57N2O5+. The fraction of sp³-hybridized carbons (Fsp3) is 0.686. The summed E-state index contributed by atoms with van der Waals surface area (Å²) in [6.07, 6.45) is 8.91. The fourth-order valence-corrected chi connectivity index (χ4v) is 4.69. The van der Waals surface area contributed by atoms with Crippen molar-refractivity contribution in [3.05, 3.63) is 54.1 Å². The molecule has 0 saturated carbocycles. The number of rotatable bonds is 15. The molecule has 0 bridgehead atoms. The van der Waals surface area contributed by atoms with Crippen LogP contribution in [0.1, 0.15) is 113 Å². The van der Waals surface area contributed by atoms with E-state index in [0.717, 1.165) is 30.5 Å². The Bertz CT molecular complexity index is 1170. The normalized spacial score (nSPS) is 14.4. The van der Waals surface area contributed by atoms with E-state index in [4.69, 9.17) is 14.2 Å². The van der Waals surface area contributed by atoms with Crippen molar-refractivity contribution in [2.75, 3.05) is 13.2 Å². The molecule has 1 heterocycles. The molecule has 0 aliphatic rings. The molecule has 2 aromatic rings. The number of esters is 2. The van der Waals surface area contributed by atoms with E-state index < -0.39 is 22.4 Å². The number of nitrogens with zero attached hydrogens (tertiary/aromatic N) is 2. The third kappa shape index (κ3) is 10.6. The highest BCUT2D eigenvalue weighted by atomic mass is 16.6. The molecule has 0 fully saturated rings. The Hall–Kier alpha value is -2.67. The molecule has 1 unspecified atom stereocenters. The molecule has 0 aliphatic carbocycles. The molecule has 7 heteroatoms. The van der Waals surface area contributed by atoms with E-state index in [-0.39, 0.29) is 36.7 Å². The summed E-state index contributed by atoms with van der Waals surface area (Å²) in [5, 5.41) is 0. The Kier molecular flexibility index (Phi) is 11.6. The molecule has 236 valence electrons. The standard InChI is InChI=1S/C35H57N2O5/c1-13-32(6,7)29(38)41-24-35(12,25-42-34(10,11)14-2)30(39)40-22-28-17-15-27(16-18-28)21-36-19-20-37(26-36)33(8,9)23-31(3,4)5/h15-20,26H,13-14,21-25H2,1-12H3/q+1. The molecule has 0 N–H and O–H groups in total. The maximum Gasteiger partial charge on any atom is 0.317 e. The molecular weight excluding hydrogens is 528 g/mol. The van der Waals surface area contributed by atoms with Crippen LogP contribution in [0.4, 0.5) is 0 Å². The topological polar surface area (TPSA) is 70.6 Å². The highest BCUT2D eigenvalue weighted by molar-refractivity contribution is 5.79. The van der Waals surface area contributed by atoms with E-state index in [9.17, 15) is 9.59 Å². The Labute approximate surface area is 254 Å². The van der Waals surface area contributed by atoms with E-state index in [1.807, 2.05) is 53.7 Å². The Morgan fingerprint density at radius 3 is 1.93 bits per heavy atom. The summed E-state index contributed by atoms with van der Waals surface area (Å²) in [4.78, 5) is 26.0. The minimum absolute atomic E-state index is 0.0214. The number of carbonyl (C=O) groups is 2. The van der Waals surface area contributed by atoms with Gasteiger partial charge in [-0.1, -0.05) is 58.9 Å². The van der Waals surface area contributed by atoms with Gasteiger partial charge in [0.15, 0.2) is 0 Å². The molecule has 0 saturated heterocycles. The predicted molar refractivity (Wildman–Crippen MR) is 167 cm³/mol. The first-order valence-corrected chi connectivity index (χ1v) is 15.4. The summed E-state index contributed by atoms with van der Waals surface area (Å²) in [5.41, 5.74) is 0.147. The number of imidazole rings is 1. The van der Waals surface area contributed by atoms with Crippen LogP contribution in [0, 0.1) is 16.2 Å². The summed E-state index contributed by atoms with van der Waals surface area (Å²) < 4.78 is 21.9. The highest BCUT2D eigenvalue weighted by Crippen LogP contribution is 2.32. The van der Waals surface area contributed by atoms with Crippen molar-refractivity contribution in [2.45, 2.75) is 127 Å². The molecule has 2 rings (SSSR count). The zero-order chi connectivity index (χ0) is 32.0. The number of benzene rings is 1. The van der Waals surface area contributed by atoms with E-state index in [1.165, 1.54) is 0 Å². The van der Waals surface area contributed by atoms with Gasteiger partial charge in [0.1, 0.15) is 43.1 Å². The Morgan fingerprint density at radius 1 is 0.786 bits per heavy atom. The quantitative estimate of drug-likeness (QED) is 0.163. The van der Waals surface area contributed by atoms with Crippen molar-refractivity contribution in [3.63, 3.8) is 0 Å². The van der Waals surface area contributed by atoms with Crippen molar-refractivity contribution in [1.29, 1.82) is 0 Å². The van der Waals surface area contributed by atoms with Gasteiger partial charge in [0.25, 0.3) is 0 Å². The molecule has 1 aromatic carbocycles. The van der Waals surface area contributed by atoms with Crippen LogP contribution in [0.5, 0.6) is 0 Å². The summed E-state index contributed by atoms with van der Waals surface area (Å²) in [7, 11) is 0. The van der Waals surface area contributed by atoms with Crippen molar-refractivity contribution in [2.24, 2.45) is 16.2 Å². The Morgan fingerprint density at radius 2 is 1.38 bits per heavy atom. The van der Waals surface area contributed by atoms with Gasteiger partial charge >= 0.3 is 11.9 Å². The van der Waals surface area contributed by atoms with Gasteiger partial charge < -0.3 is 14.2 Å². The number of hydrogen-bond donors (Lipinski definition) is 0. The molecule has 0 radical (unpaired) electrons. The molecule has 0 amide bonds. The molecule has 0 spiro atoms. The number of hydrogen-bond acceptors (Lipinski definition) is 5. The van der Waals surface area contributed by atoms with Crippen LogP contribution in [0.3, 0.4) is 0 Å². The van der Waals surface area contributed by atoms with Crippen LogP contribution < -0.4 is 4.57 Å². The number of aromatic nitrogens is 2. The zero-order valence-electron chi connectivity index (χ0n) is 28.4. The second-order valence-electron chi connectivity index (χ2n) is 15.2. The smallest absolute Gasteiger partial charge is 0.317 e. The first-order chi connectivity index (χ1) is 19.2. The number of carbonyl (C=O) groups excluding carboxylic acids is 2. The van der Waals surface area contributed by atoms with Crippen LogP contribution in [0.15, 0.2) is 43.0 Å². The lowest BCUT2D eigenvalue weighted by Gasteiger charge is -2.33. The lowest BCUT2D eigenvalue weighted by molar-refractivity contribution is -0.688. The third-order valence-electron chi connectivity index (χ3n) is 8.20. The molecule has 7 nitrogen and oxygen atoms in total. The van der Waals surface area contributed by atoms with Crippen LogP contribution >= 0.6 is 0 Å². The predicted octanol–water partition coefficient (Wildman–Crippen LogP) is 7.23. The van der Waals surface area contributed by atoms with Gasteiger partial charge in [0.05, 0.1) is 17.6 Å². The van der Waals surface area contributed by atoms with Gasteiger partial charge in [-0.3, -0.25) is 9.59 Å². The van der Waals surface area contributed by atoms with Gasteiger partial charge in [-0.15, -0.1) is 0 Å². The van der Waals surface area contributed by atoms with Gasteiger partial charge in [-0.2, -0.15) is 0 Å². The average Bonchev–Trinajstić information content (AvgIpc) is 3.38. The second-order valence-corrected chi connectivity index (χ2v) is 15.2. The largest absolute Gasteiger partial charge is 0.464 e. The number of ether oxygens (including phenoxy) is 3. The third-order valence-corrected chi connectivity index (χ3v) is 8.20. The van der Waals surface area contributed by atoms with Gasteiger partial charge in [0, 0.05) is 0 Å². The lowest BCUT2D eigenvalue weighted by Crippen LogP contribution is -2.43. The minimum Gasteiger partial charge on any atom is -0.464 e. The molecule has 42 heavy (non-hydrogen) atoms. The highest BCUT2D eigenvalue weighted by Gasteiger charge is 2.40. The van der Waals surface area contributed by atoms with Crippen molar-refractivity contribution >= 4 is 11.9 Å². The van der Waals surface area contributed by atoms with Crippen molar-refractivity contribution in [1.82, 2.24) is 4.57 Å². The molecule has 1 atom stereocenters. The summed E-state index contributed by atoms with van der Waals surface area (Å²) in [6.45, 7) is 25.6. The van der Waals surface area contributed by atoms with Crippen molar-refractivity contribution < 1.29 is 28.4 Å². The van der Waals surface area contributed by atoms with Crippen LogP contribution in [0.2, 0.25) is 0 Å². The first-order valence-electron chi connectivity index (χ1n) is 15.4. The van der Waals surface area contributed by atoms with E-state index in [0.29, 0.717) is 6.42 Å². The average molecular weight is 586 g/mol. The minimum atomic E-state index is -1.13. The van der Waals surface area contributed by atoms with Crippen LogP contribution in [-0.2, 0) is 42.5 Å². The van der Waals surface area contributed by atoms with Gasteiger partial charge in [-0.25, -0.2) is 9.13 Å². The van der Waals surface area contributed by atoms with Crippen LogP contribution in [0.25, 0.3) is 0 Å². The summed E-state index contributed by atoms with van der Waals surface area (Å²) >= 11 is 0. The maximum absolute atomic E-state index is 13.4. The second kappa shape index (κ2) is 13.7. The zero-order valence-corrected chi connectivity index (χ0v) is 28.4. The summed E-state index contributed by atoms with van der Waals surface area (Å²) in [5.74, 6) is -0.782. The van der Waals surface area contributed by atoms with Crippen molar-refractivity contribution in [3.8, 4) is 0 Å². The lowest BCUT2D eigenvalue weighted by atomic mass is 9.82.